The second-order valence-corrected chi connectivity index (χ2v) is 4.33. The van der Waals surface area contributed by atoms with Crippen LogP contribution in [0.15, 0.2) is 30.7 Å². The molecule has 1 heterocycles. The minimum Gasteiger partial charge on any atom is -0.465 e. The molecule has 1 aromatic heterocycles. The lowest BCUT2D eigenvalue weighted by molar-refractivity contribution is -0.384. The summed E-state index contributed by atoms with van der Waals surface area (Å²) in [4.78, 5) is 26.0. The van der Waals surface area contributed by atoms with E-state index < -0.39 is 10.9 Å². The average Bonchev–Trinajstić information content (AvgIpc) is 2.89. The number of aromatic nitrogens is 2. The van der Waals surface area contributed by atoms with Gasteiger partial charge in [0.05, 0.1) is 41.8 Å². The van der Waals surface area contributed by atoms with Crippen LogP contribution in [0.3, 0.4) is 0 Å². The standard InChI is InChI=1S/C13H14N4O4/c1-16-8-14-6-10(16)7-15-12-5-9(17(19)20)3-4-11(12)13(18)21-2/h3-6,8,15H,7H2,1-2H3. The molecule has 0 saturated carbocycles. The summed E-state index contributed by atoms with van der Waals surface area (Å²) in [5, 5.41) is 13.8. The zero-order chi connectivity index (χ0) is 15.4. The number of ether oxygens (including phenoxy) is 1. The van der Waals surface area contributed by atoms with Crippen molar-refractivity contribution < 1.29 is 14.5 Å². The van der Waals surface area contributed by atoms with E-state index in [9.17, 15) is 14.9 Å². The number of nitro groups is 1. The van der Waals surface area contributed by atoms with E-state index in [0.29, 0.717) is 12.2 Å². The zero-order valence-electron chi connectivity index (χ0n) is 11.6. The quantitative estimate of drug-likeness (QED) is 0.511. The molecule has 0 saturated heterocycles. The number of nitrogens with zero attached hydrogens (tertiary/aromatic N) is 3. The normalized spacial score (nSPS) is 10.2. The maximum absolute atomic E-state index is 11.7. The lowest BCUT2D eigenvalue weighted by Crippen LogP contribution is -2.10. The lowest BCUT2D eigenvalue weighted by atomic mass is 10.1. The second-order valence-electron chi connectivity index (χ2n) is 4.33. The van der Waals surface area contributed by atoms with Crippen LogP contribution >= 0.6 is 0 Å². The molecule has 8 heteroatoms. The van der Waals surface area contributed by atoms with E-state index in [0.717, 1.165) is 5.69 Å². The summed E-state index contributed by atoms with van der Waals surface area (Å²) in [5.41, 5.74) is 1.36. The molecule has 21 heavy (non-hydrogen) atoms. The van der Waals surface area contributed by atoms with Crippen molar-refractivity contribution in [3.05, 3.63) is 52.1 Å². The van der Waals surface area contributed by atoms with E-state index in [1.807, 2.05) is 11.6 Å². The zero-order valence-corrected chi connectivity index (χ0v) is 11.6. The highest BCUT2D eigenvalue weighted by atomic mass is 16.6. The third-order valence-electron chi connectivity index (χ3n) is 3.00. The third kappa shape index (κ3) is 3.16. The first kappa shape index (κ1) is 14.5. The Kier molecular flexibility index (Phi) is 4.17. The Labute approximate surface area is 120 Å². The van der Waals surface area contributed by atoms with Crippen molar-refractivity contribution in [2.45, 2.75) is 6.54 Å². The van der Waals surface area contributed by atoms with E-state index >= 15 is 0 Å². The molecule has 0 aliphatic carbocycles. The predicted octanol–water partition coefficient (Wildman–Crippen LogP) is 1.73. The van der Waals surface area contributed by atoms with Crippen molar-refractivity contribution in [3.63, 3.8) is 0 Å². The minimum atomic E-state index is -0.558. The van der Waals surface area contributed by atoms with Crippen molar-refractivity contribution in [1.29, 1.82) is 0 Å². The Balaban J connectivity index is 2.29. The van der Waals surface area contributed by atoms with Gasteiger partial charge in [0, 0.05) is 25.4 Å². The number of carbonyl (C=O) groups is 1. The molecule has 1 N–H and O–H groups in total. The van der Waals surface area contributed by atoms with Gasteiger partial charge in [-0.1, -0.05) is 0 Å². The van der Waals surface area contributed by atoms with Gasteiger partial charge in [0.15, 0.2) is 0 Å². The summed E-state index contributed by atoms with van der Waals surface area (Å²) in [7, 11) is 3.09. The van der Waals surface area contributed by atoms with E-state index in [4.69, 9.17) is 0 Å². The summed E-state index contributed by atoms with van der Waals surface area (Å²) in [6, 6.07) is 3.94. The van der Waals surface area contributed by atoms with Crippen molar-refractivity contribution in [2.24, 2.45) is 7.05 Å². The van der Waals surface area contributed by atoms with Crippen LogP contribution in [0, 0.1) is 10.1 Å². The molecule has 0 spiro atoms. The van der Waals surface area contributed by atoms with Crippen LogP contribution in [0.25, 0.3) is 0 Å². The van der Waals surface area contributed by atoms with E-state index in [-0.39, 0.29) is 11.3 Å². The second kappa shape index (κ2) is 6.04. The first-order valence-corrected chi connectivity index (χ1v) is 6.08. The molecule has 2 rings (SSSR count). The number of rotatable bonds is 5. The number of nitro benzene ring substituents is 1. The molecule has 2 aromatic rings. The van der Waals surface area contributed by atoms with Crippen molar-refractivity contribution in [3.8, 4) is 0 Å². The molecular formula is C13H14N4O4. The number of nitrogens with one attached hydrogen (secondary N) is 1. The topological polar surface area (TPSA) is 99.3 Å². The molecule has 0 fully saturated rings. The Morgan fingerprint density at radius 1 is 1.52 bits per heavy atom. The smallest absolute Gasteiger partial charge is 0.339 e. The van der Waals surface area contributed by atoms with E-state index in [1.54, 1.807) is 12.5 Å². The molecule has 0 amide bonds. The fraction of sp³-hybridized carbons (Fsp3) is 0.231. The minimum absolute atomic E-state index is 0.102. The molecule has 110 valence electrons. The number of methoxy groups -OCH3 is 1. The first-order valence-electron chi connectivity index (χ1n) is 6.08. The molecule has 0 radical (unpaired) electrons. The predicted molar refractivity (Wildman–Crippen MR) is 75.0 cm³/mol. The number of anilines is 1. The van der Waals surface area contributed by atoms with Gasteiger partial charge in [0.25, 0.3) is 5.69 Å². The van der Waals surface area contributed by atoms with Gasteiger partial charge in [0.2, 0.25) is 0 Å². The average molecular weight is 290 g/mol. The Morgan fingerprint density at radius 3 is 2.86 bits per heavy atom. The van der Waals surface area contributed by atoms with Gasteiger partial charge in [-0.05, 0) is 6.07 Å². The highest BCUT2D eigenvalue weighted by molar-refractivity contribution is 5.96. The van der Waals surface area contributed by atoms with Crippen LogP contribution in [0.2, 0.25) is 0 Å². The van der Waals surface area contributed by atoms with E-state index in [1.165, 1.54) is 25.3 Å². The number of benzene rings is 1. The van der Waals surface area contributed by atoms with Crippen molar-refractivity contribution in [2.75, 3.05) is 12.4 Å². The highest BCUT2D eigenvalue weighted by Gasteiger charge is 2.16. The maximum atomic E-state index is 11.7. The lowest BCUT2D eigenvalue weighted by Gasteiger charge is -2.11. The number of carbonyl (C=O) groups excluding carboxylic acids is 1. The molecule has 1 aromatic carbocycles. The molecule has 0 bridgehead atoms. The SMILES string of the molecule is COC(=O)c1ccc([N+](=O)[O-])cc1NCc1cncn1C. The van der Waals surface area contributed by atoms with Gasteiger partial charge >= 0.3 is 5.97 Å². The number of non-ortho nitro benzene ring substituents is 1. The van der Waals surface area contributed by atoms with Crippen LogP contribution in [0.4, 0.5) is 11.4 Å². The molecule has 0 aliphatic heterocycles. The summed E-state index contributed by atoms with van der Waals surface area (Å²) >= 11 is 0. The summed E-state index contributed by atoms with van der Waals surface area (Å²) in [5.74, 6) is -0.558. The van der Waals surface area contributed by atoms with Gasteiger partial charge in [0.1, 0.15) is 0 Å². The molecule has 8 nitrogen and oxygen atoms in total. The van der Waals surface area contributed by atoms with Gasteiger partial charge in [-0.2, -0.15) is 0 Å². The van der Waals surface area contributed by atoms with Gasteiger partial charge in [-0.25, -0.2) is 9.78 Å². The molecular weight excluding hydrogens is 276 g/mol. The van der Waals surface area contributed by atoms with Crippen LogP contribution in [0.5, 0.6) is 0 Å². The highest BCUT2D eigenvalue weighted by Crippen LogP contribution is 2.23. The Bertz CT molecular complexity index is 681. The van der Waals surface area contributed by atoms with Gasteiger partial charge < -0.3 is 14.6 Å². The molecule has 0 unspecified atom stereocenters. The number of hydrogen-bond acceptors (Lipinski definition) is 6. The largest absolute Gasteiger partial charge is 0.465 e. The molecule has 0 aliphatic rings. The van der Waals surface area contributed by atoms with Gasteiger partial charge in [-0.15, -0.1) is 0 Å². The van der Waals surface area contributed by atoms with Crippen LogP contribution < -0.4 is 5.32 Å². The van der Waals surface area contributed by atoms with Crippen LogP contribution in [0.1, 0.15) is 16.1 Å². The monoisotopic (exact) mass is 290 g/mol. The summed E-state index contributed by atoms with van der Waals surface area (Å²) in [6.07, 6.45) is 3.31. The maximum Gasteiger partial charge on any atom is 0.339 e. The Hall–Kier alpha value is -2.90. The molecule has 0 atom stereocenters. The van der Waals surface area contributed by atoms with Gasteiger partial charge in [-0.3, -0.25) is 10.1 Å². The fourth-order valence-electron chi connectivity index (χ4n) is 1.82. The van der Waals surface area contributed by atoms with Crippen molar-refractivity contribution >= 4 is 17.3 Å². The fourth-order valence-corrected chi connectivity index (χ4v) is 1.82. The Morgan fingerprint density at radius 2 is 2.29 bits per heavy atom. The number of aryl methyl sites for hydroxylation is 1. The summed E-state index contributed by atoms with van der Waals surface area (Å²) < 4.78 is 6.48. The number of imidazole rings is 1. The van der Waals surface area contributed by atoms with Crippen LogP contribution in [-0.2, 0) is 18.3 Å². The van der Waals surface area contributed by atoms with Crippen molar-refractivity contribution in [1.82, 2.24) is 9.55 Å². The summed E-state index contributed by atoms with van der Waals surface area (Å²) in [6.45, 7) is 0.377. The number of hydrogen-bond donors (Lipinski definition) is 1. The first-order chi connectivity index (χ1) is 10.0. The van der Waals surface area contributed by atoms with Crippen LogP contribution in [-0.4, -0.2) is 27.6 Å². The van der Waals surface area contributed by atoms with E-state index in [2.05, 4.69) is 15.0 Å². The number of esters is 1. The third-order valence-corrected chi connectivity index (χ3v) is 3.00.